The van der Waals surface area contributed by atoms with Crippen LogP contribution in [0.5, 0.6) is 0 Å². The largest absolute Gasteiger partial charge is 0.383 e. The van der Waals surface area contributed by atoms with Crippen LogP contribution in [0.15, 0.2) is 29.2 Å². The molecule has 22 heavy (non-hydrogen) atoms. The molecule has 0 aliphatic carbocycles. The second-order valence-electron chi connectivity index (χ2n) is 6.63. The summed E-state index contributed by atoms with van der Waals surface area (Å²) in [5.74, 6) is 0. The van der Waals surface area contributed by atoms with Crippen LogP contribution in [0.1, 0.15) is 45.6 Å². The summed E-state index contributed by atoms with van der Waals surface area (Å²) in [5, 5.41) is 0. The average molecular weight is 325 g/mol. The fourth-order valence-corrected chi connectivity index (χ4v) is 4.58. The Morgan fingerprint density at radius 3 is 2.45 bits per heavy atom. The smallest absolute Gasteiger partial charge is 0.243 e. The van der Waals surface area contributed by atoms with E-state index < -0.39 is 10.0 Å². The first kappa shape index (κ1) is 17.4. The Hall–Kier alpha value is -0.910. The van der Waals surface area contributed by atoms with Crippen LogP contribution in [0.3, 0.4) is 0 Å². The van der Waals surface area contributed by atoms with Crippen molar-refractivity contribution in [1.82, 2.24) is 4.31 Å². The quantitative estimate of drug-likeness (QED) is 0.807. The third-order valence-corrected chi connectivity index (χ3v) is 6.77. The number of hydrogen-bond acceptors (Lipinski definition) is 3. The molecule has 1 atom stereocenters. The third-order valence-electron chi connectivity index (χ3n) is 4.81. The summed E-state index contributed by atoms with van der Waals surface area (Å²) in [6.45, 7) is 7.53. The first-order valence-electron chi connectivity index (χ1n) is 7.94. The molecule has 5 heteroatoms. The van der Waals surface area contributed by atoms with Crippen molar-refractivity contribution >= 4 is 10.0 Å². The van der Waals surface area contributed by atoms with E-state index in [-0.39, 0.29) is 11.5 Å². The van der Waals surface area contributed by atoms with Gasteiger partial charge in [0.05, 0.1) is 11.5 Å². The van der Waals surface area contributed by atoms with Gasteiger partial charge in [0.2, 0.25) is 10.0 Å². The van der Waals surface area contributed by atoms with Gasteiger partial charge in [0, 0.05) is 19.7 Å². The van der Waals surface area contributed by atoms with E-state index in [1.54, 1.807) is 23.5 Å². The maximum absolute atomic E-state index is 12.8. The molecule has 4 nitrogen and oxygen atoms in total. The van der Waals surface area contributed by atoms with E-state index in [0.29, 0.717) is 18.0 Å². The van der Waals surface area contributed by atoms with Gasteiger partial charge in [0.1, 0.15) is 0 Å². The van der Waals surface area contributed by atoms with Gasteiger partial charge in [-0.05, 0) is 42.4 Å². The molecule has 1 heterocycles. The van der Waals surface area contributed by atoms with Gasteiger partial charge in [-0.2, -0.15) is 4.31 Å². The normalized spacial score (nSPS) is 20.5. The predicted octanol–water partition coefficient (Wildman–Crippen LogP) is 3.17. The molecule has 1 aliphatic rings. The van der Waals surface area contributed by atoms with Crippen molar-refractivity contribution in [1.29, 1.82) is 0 Å². The second kappa shape index (κ2) is 6.69. The summed E-state index contributed by atoms with van der Waals surface area (Å²) >= 11 is 0. The van der Waals surface area contributed by atoms with Crippen molar-refractivity contribution in [2.75, 3.05) is 20.3 Å². The van der Waals surface area contributed by atoms with E-state index in [2.05, 4.69) is 20.8 Å². The second-order valence-corrected chi connectivity index (χ2v) is 8.52. The number of nitrogens with zero attached hydrogens (tertiary/aromatic N) is 1. The zero-order chi connectivity index (χ0) is 16.4. The highest BCUT2D eigenvalue weighted by Gasteiger charge is 2.35. The van der Waals surface area contributed by atoms with Gasteiger partial charge in [-0.25, -0.2) is 8.42 Å². The summed E-state index contributed by atoms with van der Waals surface area (Å²) in [5.41, 5.74) is 1.23. The van der Waals surface area contributed by atoms with Crippen LogP contribution in [0.2, 0.25) is 0 Å². The summed E-state index contributed by atoms with van der Waals surface area (Å²) in [4.78, 5) is 0.381. The Labute approximate surface area is 134 Å². The summed E-state index contributed by atoms with van der Waals surface area (Å²) < 4.78 is 32.4. The predicted molar refractivity (Wildman–Crippen MR) is 88.5 cm³/mol. The van der Waals surface area contributed by atoms with Crippen LogP contribution in [-0.4, -0.2) is 39.0 Å². The fraction of sp³-hybridized carbons (Fsp3) is 0.647. The topological polar surface area (TPSA) is 46.6 Å². The SMILES string of the molecule is CCC(C)(C)c1ccc(S(=O)(=O)N2CCC[C@@H]2COC)cc1. The number of hydrogen-bond donors (Lipinski definition) is 0. The van der Waals surface area contributed by atoms with E-state index in [1.807, 2.05) is 12.1 Å². The highest BCUT2D eigenvalue weighted by Crippen LogP contribution is 2.30. The van der Waals surface area contributed by atoms with Gasteiger partial charge in [0.15, 0.2) is 0 Å². The average Bonchev–Trinajstić information content (AvgIpc) is 2.97. The van der Waals surface area contributed by atoms with Gasteiger partial charge >= 0.3 is 0 Å². The molecule has 0 radical (unpaired) electrons. The minimum atomic E-state index is -3.43. The molecular weight excluding hydrogens is 298 g/mol. The highest BCUT2D eigenvalue weighted by atomic mass is 32.2. The van der Waals surface area contributed by atoms with Crippen LogP contribution in [-0.2, 0) is 20.2 Å². The van der Waals surface area contributed by atoms with E-state index in [0.717, 1.165) is 19.3 Å². The molecule has 0 bridgehead atoms. The lowest BCUT2D eigenvalue weighted by molar-refractivity contribution is 0.149. The number of methoxy groups -OCH3 is 1. The summed E-state index contributed by atoms with van der Waals surface area (Å²) in [6.07, 6.45) is 2.78. The van der Waals surface area contributed by atoms with Crippen molar-refractivity contribution in [3.05, 3.63) is 29.8 Å². The Morgan fingerprint density at radius 1 is 1.27 bits per heavy atom. The molecular formula is C17H27NO3S. The number of rotatable bonds is 6. The van der Waals surface area contributed by atoms with E-state index in [9.17, 15) is 8.42 Å². The van der Waals surface area contributed by atoms with Crippen LogP contribution in [0.25, 0.3) is 0 Å². The molecule has 0 amide bonds. The van der Waals surface area contributed by atoms with Crippen LogP contribution in [0.4, 0.5) is 0 Å². The third kappa shape index (κ3) is 3.36. The molecule has 124 valence electrons. The van der Waals surface area contributed by atoms with E-state index >= 15 is 0 Å². The number of sulfonamides is 1. The maximum Gasteiger partial charge on any atom is 0.243 e. The molecule has 0 N–H and O–H groups in total. The number of benzene rings is 1. The zero-order valence-electron chi connectivity index (χ0n) is 14.0. The van der Waals surface area contributed by atoms with E-state index in [1.165, 1.54) is 5.56 Å². The molecule has 0 saturated carbocycles. The van der Waals surface area contributed by atoms with E-state index in [4.69, 9.17) is 4.74 Å². The summed E-state index contributed by atoms with van der Waals surface area (Å²) in [7, 11) is -1.81. The number of ether oxygens (including phenoxy) is 1. The van der Waals surface area contributed by atoms with Gasteiger partial charge in [-0.3, -0.25) is 0 Å². The first-order valence-corrected chi connectivity index (χ1v) is 9.38. The molecule has 0 unspecified atom stereocenters. The molecule has 1 aliphatic heterocycles. The van der Waals surface area contributed by atoms with Gasteiger partial charge < -0.3 is 4.74 Å². The monoisotopic (exact) mass is 325 g/mol. The van der Waals surface area contributed by atoms with Gasteiger partial charge in [-0.15, -0.1) is 0 Å². The molecule has 0 aromatic heterocycles. The Balaban J connectivity index is 2.27. The van der Waals surface area contributed by atoms with Crippen molar-refractivity contribution in [3.63, 3.8) is 0 Å². The van der Waals surface area contributed by atoms with Crippen molar-refractivity contribution in [2.45, 2.75) is 56.4 Å². The highest BCUT2D eigenvalue weighted by molar-refractivity contribution is 7.89. The summed E-state index contributed by atoms with van der Waals surface area (Å²) in [6, 6.07) is 7.33. The minimum Gasteiger partial charge on any atom is -0.383 e. The Kier molecular flexibility index (Phi) is 5.30. The molecule has 1 fully saturated rings. The van der Waals surface area contributed by atoms with Gasteiger partial charge in [-0.1, -0.05) is 32.9 Å². The Morgan fingerprint density at radius 2 is 1.91 bits per heavy atom. The van der Waals surface area contributed by atoms with Crippen LogP contribution in [0, 0.1) is 0 Å². The zero-order valence-corrected chi connectivity index (χ0v) is 14.8. The van der Waals surface area contributed by atoms with Gasteiger partial charge in [0.25, 0.3) is 0 Å². The van der Waals surface area contributed by atoms with Crippen molar-refractivity contribution in [2.24, 2.45) is 0 Å². The maximum atomic E-state index is 12.8. The lowest BCUT2D eigenvalue weighted by atomic mass is 9.82. The molecule has 1 aromatic rings. The fourth-order valence-electron chi connectivity index (χ4n) is 2.90. The molecule has 2 rings (SSSR count). The molecule has 1 saturated heterocycles. The van der Waals surface area contributed by atoms with Crippen LogP contribution >= 0.6 is 0 Å². The minimum absolute atomic E-state index is 0.0400. The lowest BCUT2D eigenvalue weighted by Gasteiger charge is -2.25. The first-order chi connectivity index (χ1) is 10.3. The van der Waals surface area contributed by atoms with Crippen molar-refractivity contribution in [3.8, 4) is 0 Å². The van der Waals surface area contributed by atoms with Crippen molar-refractivity contribution < 1.29 is 13.2 Å². The lowest BCUT2D eigenvalue weighted by Crippen LogP contribution is -2.38. The standard InChI is InChI=1S/C17H27NO3S/c1-5-17(2,3)14-8-10-16(11-9-14)22(19,20)18-12-6-7-15(18)13-21-4/h8-11,15H,5-7,12-13H2,1-4H3/t15-/m1/s1. The Bertz CT molecular complexity index is 593. The molecule has 0 spiro atoms. The van der Waals surface area contributed by atoms with Crippen LogP contribution < -0.4 is 0 Å². The molecule has 1 aromatic carbocycles.